The van der Waals surface area contributed by atoms with Crippen LogP contribution in [-0.2, 0) is 17.6 Å². The van der Waals surface area contributed by atoms with E-state index < -0.39 is 23.4 Å². The molecular weight excluding hydrogens is 741 g/mol. The number of benzene rings is 6. The number of nitrogens with two attached hydrogens (primary N) is 1. The van der Waals surface area contributed by atoms with Crippen LogP contribution in [0.2, 0.25) is 10.0 Å². The number of nitrogens with zero attached hydrogens (tertiary/aromatic N) is 1. The smallest absolute Gasteiger partial charge is 0.258 e. The molecule has 272 valence electrons. The monoisotopic (exact) mass is 770 g/mol. The third-order valence-corrected chi connectivity index (χ3v) is 9.71. The van der Waals surface area contributed by atoms with Crippen molar-refractivity contribution in [3.63, 3.8) is 0 Å². The molecule has 0 aliphatic heterocycles. The van der Waals surface area contributed by atoms with Crippen molar-refractivity contribution >= 4 is 62.6 Å². The molecule has 2 N–H and O–H groups in total. The Bertz CT molecular complexity index is 2730. The second kappa shape index (κ2) is 14.9. The second-order valence-corrected chi connectivity index (χ2v) is 14.1. The van der Waals surface area contributed by atoms with Gasteiger partial charge in [0.15, 0.2) is 0 Å². The zero-order valence-corrected chi connectivity index (χ0v) is 30.5. The van der Waals surface area contributed by atoms with Gasteiger partial charge in [-0.1, -0.05) is 71.7 Å². The third-order valence-electron chi connectivity index (χ3n) is 9.27. The molecule has 6 aromatic carbocycles. The number of halogens is 4. The van der Waals surface area contributed by atoms with E-state index in [4.69, 9.17) is 37.8 Å². The lowest BCUT2D eigenvalue weighted by atomic mass is 9.98. The lowest BCUT2D eigenvalue weighted by Gasteiger charge is -2.22. The number of anilines is 1. The fourth-order valence-electron chi connectivity index (χ4n) is 6.99. The zero-order valence-electron chi connectivity index (χ0n) is 29.0. The van der Waals surface area contributed by atoms with E-state index in [2.05, 4.69) is 0 Å². The first kappa shape index (κ1) is 35.8. The lowest BCUT2D eigenvalue weighted by Crippen LogP contribution is -2.38. The van der Waals surface area contributed by atoms with E-state index in [0.29, 0.717) is 68.0 Å². The van der Waals surface area contributed by atoms with E-state index in [1.54, 1.807) is 36.4 Å². The first-order valence-electron chi connectivity index (χ1n) is 17.3. The molecule has 0 atom stereocenters. The van der Waals surface area contributed by atoms with Gasteiger partial charge < -0.3 is 14.6 Å². The first-order valence-corrected chi connectivity index (χ1v) is 18.1. The Balaban J connectivity index is 1.10. The second-order valence-electron chi connectivity index (χ2n) is 13.3. The molecule has 2 heterocycles. The minimum absolute atomic E-state index is 0.305. The van der Waals surface area contributed by atoms with Crippen LogP contribution in [0.4, 0.5) is 14.5 Å². The van der Waals surface area contributed by atoms with Crippen molar-refractivity contribution in [2.45, 2.75) is 12.8 Å². The van der Waals surface area contributed by atoms with Crippen LogP contribution >= 0.6 is 23.2 Å². The van der Waals surface area contributed by atoms with Crippen LogP contribution < -0.4 is 10.6 Å². The van der Waals surface area contributed by atoms with Gasteiger partial charge in [-0.05, 0) is 118 Å². The summed E-state index contributed by atoms with van der Waals surface area (Å²) >= 11 is 12.2. The van der Waals surface area contributed by atoms with Crippen molar-refractivity contribution in [1.82, 2.24) is 0 Å². The van der Waals surface area contributed by atoms with Crippen LogP contribution in [0.15, 0.2) is 142 Å². The number of rotatable bonds is 10. The maximum atomic E-state index is 14.3. The number of carbonyl (C=O) groups is 2. The Kier molecular flexibility index (Phi) is 9.69. The molecular formula is C45H30Cl2F2N2O4. The molecule has 0 aliphatic carbocycles. The number of carbonyl (C=O) groups excluding carboxylic acids is 2. The number of primary amides is 1. The fraction of sp³-hybridized carbons (Fsp3) is 0.0667. The molecule has 8 aromatic rings. The summed E-state index contributed by atoms with van der Waals surface area (Å²) in [7, 11) is 0. The van der Waals surface area contributed by atoms with Crippen LogP contribution in [0.1, 0.15) is 33.0 Å². The number of furan rings is 2. The Morgan fingerprint density at radius 3 is 1.64 bits per heavy atom. The quantitative estimate of drug-likeness (QED) is 0.150. The van der Waals surface area contributed by atoms with Crippen molar-refractivity contribution in [2.24, 2.45) is 5.73 Å². The van der Waals surface area contributed by atoms with Gasteiger partial charge in [-0.2, -0.15) is 0 Å². The molecule has 0 bridgehead atoms. The van der Waals surface area contributed by atoms with Crippen molar-refractivity contribution in [2.75, 3.05) is 11.4 Å². The summed E-state index contributed by atoms with van der Waals surface area (Å²) in [6.07, 6.45) is 0.678. The highest BCUT2D eigenvalue weighted by Gasteiger charge is 2.22. The Morgan fingerprint density at radius 2 is 1.11 bits per heavy atom. The van der Waals surface area contributed by atoms with Crippen LogP contribution in [0, 0.1) is 11.6 Å². The third kappa shape index (κ3) is 7.74. The van der Waals surface area contributed by atoms with Crippen molar-refractivity contribution in [3.05, 3.63) is 183 Å². The summed E-state index contributed by atoms with van der Waals surface area (Å²) in [5.41, 5.74) is 12.4. The topological polar surface area (TPSA) is 89.7 Å². The summed E-state index contributed by atoms with van der Waals surface area (Å²) in [6.45, 7) is -0.354. The van der Waals surface area contributed by atoms with Crippen LogP contribution in [0.3, 0.4) is 0 Å². The van der Waals surface area contributed by atoms with E-state index in [1.807, 2.05) is 72.8 Å². The highest BCUT2D eigenvalue weighted by Crippen LogP contribution is 2.36. The van der Waals surface area contributed by atoms with Gasteiger partial charge in [0.2, 0.25) is 5.91 Å². The maximum Gasteiger partial charge on any atom is 0.258 e. The molecule has 0 aliphatic rings. The minimum Gasteiger partial charge on any atom is -0.461 e. The van der Waals surface area contributed by atoms with E-state index in [0.717, 1.165) is 33.0 Å². The number of hydrogen-bond acceptors (Lipinski definition) is 4. The molecule has 0 saturated heterocycles. The van der Waals surface area contributed by atoms with Gasteiger partial charge in [-0.3, -0.25) is 14.5 Å². The maximum absolute atomic E-state index is 14.3. The minimum atomic E-state index is -0.677. The molecule has 0 unspecified atom stereocenters. The molecule has 2 aromatic heterocycles. The van der Waals surface area contributed by atoms with E-state index in [9.17, 15) is 18.4 Å². The Hall–Kier alpha value is -6.22. The SMILES string of the molecule is NC(=O)CN(C(=O)c1cccc(-c2cccc3oc(Cc4cc(F)cc(Cl)c4)cc23)c1)c1cccc(-c2cccc3oc(Cc4cc(F)cc(Cl)c4)cc23)c1. The average Bonchev–Trinajstić information content (AvgIpc) is 3.76. The van der Waals surface area contributed by atoms with Gasteiger partial charge in [-0.15, -0.1) is 0 Å². The summed E-state index contributed by atoms with van der Waals surface area (Å²) in [5, 5.41) is 2.26. The van der Waals surface area contributed by atoms with Crippen molar-refractivity contribution in [3.8, 4) is 22.3 Å². The van der Waals surface area contributed by atoms with Gasteiger partial charge in [0, 0.05) is 44.9 Å². The molecule has 2 amide bonds. The summed E-state index contributed by atoms with van der Waals surface area (Å²) in [6, 6.07) is 38.3. The largest absolute Gasteiger partial charge is 0.461 e. The van der Waals surface area contributed by atoms with E-state index >= 15 is 0 Å². The number of hydrogen-bond donors (Lipinski definition) is 1. The highest BCUT2D eigenvalue weighted by molar-refractivity contribution is 6.31. The number of amides is 2. The summed E-state index contributed by atoms with van der Waals surface area (Å²) in [5.74, 6) is -0.685. The molecule has 8 rings (SSSR count). The number of fused-ring (bicyclic) bond motifs is 2. The predicted molar refractivity (Wildman–Crippen MR) is 213 cm³/mol. The molecule has 0 saturated carbocycles. The normalized spacial score (nSPS) is 11.3. The standard InChI is InChI=1S/C45H30Cl2F2N2O4/c46-31-13-26(15-33(48)21-31)17-36-23-40-38(9-3-11-42(40)54-36)28-5-1-7-30(19-28)45(53)51(25-44(50)52)35-8-2-6-29(20-35)39-10-4-12-43-41(39)24-37(55-43)18-27-14-32(47)22-34(49)16-27/h1-16,19-24H,17-18,25H2,(H2,50,52). The molecule has 0 spiro atoms. The summed E-state index contributed by atoms with van der Waals surface area (Å²) < 4.78 is 40.3. The van der Waals surface area contributed by atoms with E-state index in [1.165, 1.54) is 29.2 Å². The Labute approximate surface area is 324 Å². The highest BCUT2D eigenvalue weighted by atomic mass is 35.5. The van der Waals surface area contributed by atoms with Crippen molar-refractivity contribution in [1.29, 1.82) is 0 Å². The van der Waals surface area contributed by atoms with Crippen LogP contribution in [0.5, 0.6) is 0 Å². The fourth-order valence-corrected chi connectivity index (χ4v) is 7.48. The molecule has 0 radical (unpaired) electrons. The predicted octanol–water partition coefficient (Wildman–Crippen LogP) is 11.4. The van der Waals surface area contributed by atoms with Gasteiger partial charge in [0.25, 0.3) is 5.91 Å². The average molecular weight is 772 g/mol. The lowest BCUT2D eigenvalue weighted by molar-refractivity contribution is -0.116. The van der Waals surface area contributed by atoms with Gasteiger partial charge in [0.1, 0.15) is 40.9 Å². The summed E-state index contributed by atoms with van der Waals surface area (Å²) in [4.78, 5) is 28.0. The molecule has 6 nitrogen and oxygen atoms in total. The van der Waals surface area contributed by atoms with Gasteiger partial charge in [-0.25, -0.2) is 8.78 Å². The van der Waals surface area contributed by atoms with Crippen LogP contribution in [-0.4, -0.2) is 18.4 Å². The molecule has 10 heteroatoms. The molecule has 0 fully saturated rings. The van der Waals surface area contributed by atoms with E-state index in [-0.39, 0.29) is 6.54 Å². The molecule has 55 heavy (non-hydrogen) atoms. The van der Waals surface area contributed by atoms with Crippen molar-refractivity contribution < 1.29 is 27.2 Å². The van der Waals surface area contributed by atoms with Gasteiger partial charge >= 0.3 is 0 Å². The van der Waals surface area contributed by atoms with Crippen LogP contribution in [0.25, 0.3) is 44.2 Å². The zero-order chi connectivity index (χ0) is 38.2. The van der Waals surface area contributed by atoms with Gasteiger partial charge in [0.05, 0.1) is 0 Å². The first-order chi connectivity index (χ1) is 26.6. The Morgan fingerprint density at radius 1 is 0.600 bits per heavy atom.